The van der Waals surface area contributed by atoms with Gasteiger partial charge in [-0.1, -0.05) is 40.5 Å². The number of Topliss-reactive ketones (excluding diaryl/α,β-unsaturated/α-hetero) is 1. The Morgan fingerprint density at radius 3 is 2.26 bits per heavy atom. The summed E-state index contributed by atoms with van der Waals surface area (Å²) in [5.74, 6) is 3.23. The zero-order valence-corrected chi connectivity index (χ0v) is 13.4. The number of hydrogen-bond donors (Lipinski definition) is 0. The molecule has 0 N–H and O–H groups in total. The van der Waals surface area contributed by atoms with Gasteiger partial charge in [0.2, 0.25) is 0 Å². The van der Waals surface area contributed by atoms with E-state index in [1.165, 1.54) is 32.1 Å². The van der Waals surface area contributed by atoms with Crippen molar-refractivity contribution in [1.82, 2.24) is 0 Å². The summed E-state index contributed by atoms with van der Waals surface area (Å²) in [4.78, 5) is 13.1. The summed E-state index contributed by atoms with van der Waals surface area (Å²) in [6, 6.07) is 0. The van der Waals surface area contributed by atoms with Crippen LogP contribution in [0.4, 0.5) is 0 Å². The summed E-state index contributed by atoms with van der Waals surface area (Å²) >= 11 is 0. The van der Waals surface area contributed by atoms with Crippen molar-refractivity contribution in [2.24, 2.45) is 29.1 Å². The molecule has 2 rings (SSSR count). The van der Waals surface area contributed by atoms with Gasteiger partial charge in [-0.15, -0.1) is 0 Å². The van der Waals surface area contributed by atoms with Gasteiger partial charge in [0.25, 0.3) is 0 Å². The standard InChI is InChI=1S/C18H32O/c1-13(2)12-18(9-5-6-10-18)17(19)16-8-7-14(3)15(4)11-16/h13-16H,5-12H2,1-4H3. The summed E-state index contributed by atoms with van der Waals surface area (Å²) in [5.41, 5.74) is 0.0686. The molecule has 2 saturated carbocycles. The van der Waals surface area contributed by atoms with Gasteiger partial charge in [0.05, 0.1) is 0 Å². The fraction of sp³-hybridized carbons (Fsp3) is 0.944. The van der Waals surface area contributed by atoms with Gasteiger partial charge in [0.1, 0.15) is 5.78 Å². The van der Waals surface area contributed by atoms with Crippen LogP contribution in [0.1, 0.15) is 79.1 Å². The first-order chi connectivity index (χ1) is 8.94. The van der Waals surface area contributed by atoms with Gasteiger partial charge in [0.15, 0.2) is 0 Å². The van der Waals surface area contributed by atoms with E-state index in [0.29, 0.717) is 17.6 Å². The molecule has 3 unspecified atom stereocenters. The normalized spacial score (nSPS) is 34.7. The number of ketones is 1. The quantitative estimate of drug-likeness (QED) is 0.679. The van der Waals surface area contributed by atoms with Gasteiger partial charge in [-0.3, -0.25) is 4.79 Å². The van der Waals surface area contributed by atoms with Gasteiger partial charge in [-0.2, -0.15) is 0 Å². The third-order valence-electron chi connectivity index (χ3n) is 5.85. The smallest absolute Gasteiger partial charge is 0.142 e. The van der Waals surface area contributed by atoms with Crippen LogP contribution in [0, 0.1) is 29.1 Å². The lowest BCUT2D eigenvalue weighted by molar-refractivity contribution is -0.135. The highest BCUT2D eigenvalue weighted by Gasteiger charge is 2.45. The molecule has 0 radical (unpaired) electrons. The van der Waals surface area contributed by atoms with Crippen molar-refractivity contribution in [3.05, 3.63) is 0 Å². The Hall–Kier alpha value is -0.330. The van der Waals surface area contributed by atoms with Crippen LogP contribution in [0.5, 0.6) is 0 Å². The lowest BCUT2D eigenvalue weighted by Crippen LogP contribution is -2.38. The minimum Gasteiger partial charge on any atom is -0.299 e. The van der Waals surface area contributed by atoms with Crippen LogP contribution in [0.2, 0.25) is 0 Å². The molecule has 1 nitrogen and oxygen atoms in total. The van der Waals surface area contributed by atoms with E-state index in [0.717, 1.165) is 31.1 Å². The number of carbonyl (C=O) groups is 1. The summed E-state index contributed by atoms with van der Waals surface area (Å²) in [5, 5.41) is 0. The molecule has 1 heteroatoms. The zero-order chi connectivity index (χ0) is 14.0. The molecule has 0 aromatic rings. The second-order valence-electron chi connectivity index (χ2n) is 7.91. The fourth-order valence-electron chi connectivity index (χ4n) is 4.60. The molecule has 0 spiro atoms. The van der Waals surface area contributed by atoms with Crippen LogP contribution in [0.3, 0.4) is 0 Å². The molecular formula is C18H32O. The van der Waals surface area contributed by atoms with E-state index in [2.05, 4.69) is 27.7 Å². The van der Waals surface area contributed by atoms with Crippen molar-refractivity contribution in [1.29, 1.82) is 0 Å². The lowest BCUT2D eigenvalue weighted by Gasteiger charge is -2.38. The molecule has 0 amide bonds. The maximum atomic E-state index is 13.1. The average molecular weight is 264 g/mol. The molecule has 0 aliphatic heterocycles. The van der Waals surface area contributed by atoms with Crippen molar-refractivity contribution < 1.29 is 4.79 Å². The molecule has 0 bridgehead atoms. The molecule has 19 heavy (non-hydrogen) atoms. The summed E-state index contributed by atoms with van der Waals surface area (Å²) in [6.45, 7) is 9.25. The molecule has 3 atom stereocenters. The highest BCUT2D eigenvalue weighted by atomic mass is 16.1. The van der Waals surface area contributed by atoms with Crippen LogP contribution in [0.15, 0.2) is 0 Å². The van der Waals surface area contributed by atoms with Gasteiger partial charge >= 0.3 is 0 Å². The highest BCUT2D eigenvalue weighted by Crippen LogP contribution is 2.48. The van der Waals surface area contributed by atoms with Crippen molar-refractivity contribution in [3.8, 4) is 0 Å². The Kier molecular flexibility index (Phi) is 4.74. The van der Waals surface area contributed by atoms with Crippen LogP contribution in [-0.2, 0) is 4.79 Å². The predicted molar refractivity (Wildman–Crippen MR) is 81.0 cm³/mol. The molecule has 110 valence electrons. The lowest BCUT2D eigenvalue weighted by atomic mass is 9.65. The Morgan fingerprint density at radius 2 is 1.74 bits per heavy atom. The first-order valence-electron chi connectivity index (χ1n) is 8.49. The van der Waals surface area contributed by atoms with E-state index in [1.807, 2.05) is 0 Å². The van der Waals surface area contributed by atoms with E-state index in [-0.39, 0.29) is 5.41 Å². The molecule has 0 saturated heterocycles. The maximum absolute atomic E-state index is 13.1. The predicted octanol–water partition coefficient (Wildman–Crippen LogP) is 5.23. The monoisotopic (exact) mass is 264 g/mol. The second kappa shape index (κ2) is 5.97. The van der Waals surface area contributed by atoms with E-state index >= 15 is 0 Å². The van der Waals surface area contributed by atoms with Crippen molar-refractivity contribution in [2.75, 3.05) is 0 Å². The van der Waals surface area contributed by atoms with Crippen molar-refractivity contribution >= 4 is 5.78 Å². The SMILES string of the molecule is CC(C)CC1(C(=O)C2CCC(C)C(C)C2)CCCC1. The number of rotatable bonds is 4. The average Bonchev–Trinajstić information content (AvgIpc) is 2.80. The Balaban J connectivity index is 2.07. The van der Waals surface area contributed by atoms with Gasteiger partial charge in [0, 0.05) is 11.3 Å². The largest absolute Gasteiger partial charge is 0.299 e. The molecular weight excluding hydrogens is 232 g/mol. The summed E-state index contributed by atoms with van der Waals surface area (Å²) < 4.78 is 0. The van der Waals surface area contributed by atoms with Crippen LogP contribution in [0.25, 0.3) is 0 Å². The van der Waals surface area contributed by atoms with Gasteiger partial charge in [-0.05, 0) is 56.3 Å². The van der Waals surface area contributed by atoms with E-state index < -0.39 is 0 Å². The second-order valence-corrected chi connectivity index (χ2v) is 7.91. The Bertz CT molecular complexity index is 312. The van der Waals surface area contributed by atoms with Crippen molar-refractivity contribution in [3.63, 3.8) is 0 Å². The van der Waals surface area contributed by atoms with E-state index in [4.69, 9.17) is 0 Å². The molecule has 2 aliphatic carbocycles. The van der Waals surface area contributed by atoms with Crippen LogP contribution >= 0.6 is 0 Å². The minimum absolute atomic E-state index is 0.0686. The van der Waals surface area contributed by atoms with E-state index in [1.54, 1.807) is 0 Å². The zero-order valence-electron chi connectivity index (χ0n) is 13.4. The molecule has 0 heterocycles. The van der Waals surface area contributed by atoms with Crippen LogP contribution < -0.4 is 0 Å². The summed E-state index contributed by atoms with van der Waals surface area (Å²) in [6.07, 6.45) is 9.59. The Morgan fingerprint density at radius 1 is 1.11 bits per heavy atom. The summed E-state index contributed by atoms with van der Waals surface area (Å²) in [7, 11) is 0. The number of hydrogen-bond acceptors (Lipinski definition) is 1. The Labute approximate surface area is 119 Å². The number of carbonyl (C=O) groups excluding carboxylic acids is 1. The van der Waals surface area contributed by atoms with Crippen molar-refractivity contribution in [2.45, 2.75) is 79.1 Å². The molecule has 2 fully saturated rings. The molecule has 0 aromatic carbocycles. The fourth-order valence-corrected chi connectivity index (χ4v) is 4.60. The molecule has 0 aromatic heterocycles. The first kappa shape index (κ1) is 15.1. The van der Waals surface area contributed by atoms with E-state index in [9.17, 15) is 4.79 Å². The minimum atomic E-state index is 0.0686. The van der Waals surface area contributed by atoms with Gasteiger partial charge in [-0.25, -0.2) is 0 Å². The van der Waals surface area contributed by atoms with Gasteiger partial charge < -0.3 is 0 Å². The molecule has 2 aliphatic rings. The highest BCUT2D eigenvalue weighted by molar-refractivity contribution is 5.87. The first-order valence-corrected chi connectivity index (χ1v) is 8.49. The van der Waals surface area contributed by atoms with Crippen LogP contribution in [-0.4, -0.2) is 5.78 Å². The third kappa shape index (κ3) is 3.23. The maximum Gasteiger partial charge on any atom is 0.142 e. The topological polar surface area (TPSA) is 17.1 Å². The third-order valence-corrected chi connectivity index (χ3v) is 5.85.